The lowest BCUT2D eigenvalue weighted by Gasteiger charge is -2.10. The molecule has 0 unspecified atom stereocenters. The number of carbonyl (C=O) groups excluding carboxylic acids is 2. The highest BCUT2D eigenvalue weighted by atomic mass is 32.2. The molecule has 24 heavy (non-hydrogen) atoms. The molecular weight excluding hydrogens is 335 g/mol. The van der Waals surface area contributed by atoms with Gasteiger partial charge in [0.2, 0.25) is 11.8 Å². The van der Waals surface area contributed by atoms with Crippen LogP contribution in [0.1, 0.15) is 5.69 Å². The van der Waals surface area contributed by atoms with Crippen molar-refractivity contribution in [2.45, 2.75) is 18.3 Å². The number of aromatic nitrogens is 2. The van der Waals surface area contributed by atoms with E-state index >= 15 is 0 Å². The Hall–Kier alpha value is -2.39. The second kappa shape index (κ2) is 8.46. The van der Waals surface area contributed by atoms with Crippen molar-refractivity contribution in [3.63, 3.8) is 0 Å². The molecule has 7 nitrogen and oxygen atoms in total. The fourth-order valence-electron chi connectivity index (χ4n) is 1.90. The normalized spacial score (nSPS) is 10.5. The van der Waals surface area contributed by atoms with Crippen LogP contribution in [0.3, 0.4) is 0 Å². The highest BCUT2D eigenvalue weighted by Crippen LogP contribution is 2.20. The number of amides is 2. The summed E-state index contributed by atoms with van der Waals surface area (Å²) in [6.07, 6.45) is 1.44. The Morgan fingerprint density at radius 1 is 1.33 bits per heavy atom. The third-order valence-electron chi connectivity index (χ3n) is 3.12. The van der Waals surface area contributed by atoms with E-state index < -0.39 is 11.7 Å². The number of aliphatic hydroxyl groups excluding tert-OH is 1. The molecule has 0 aliphatic heterocycles. The van der Waals surface area contributed by atoms with E-state index in [0.717, 1.165) is 11.8 Å². The Bertz CT molecular complexity index is 735. The summed E-state index contributed by atoms with van der Waals surface area (Å²) in [5, 5.41) is 14.7. The number of aliphatic hydroxyl groups is 1. The van der Waals surface area contributed by atoms with E-state index in [2.05, 4.69) is 15.6 Å². The van der Waals surface area contributed by atoms with Crippen LogP contribution in [0.2, 0.25) is 0 Å². The topological polar surface area (TPSA) is 96.2 Å². The van der Waals surface area contributed by atoms with Crippen LogP contribution in [-0.2, 0) is 22.7 Å². The van der Waals surface area contributed by atoms with Crippen LogP contribution in [0.4, 0.5) is 10.1 Å². The van der Waals surface area contributed by atoms with Crippen molar-refractivity contribution < 1.29 is 19.1 Å². The van der Waals surface area contributed by atoms with Gasteiger partial charge in [0.15, 0.2) is 5.16 Å². The molecule has 0 spiro atoms. The highest BCUT2D eigenvalue weighted by molar-refractivity contribution is 7.99. The summed E-state index contributed by atoms with van der Waals surface area (Å²) in [5.74, 6) is -1.17. The number of anilines is 1. The van der Waals surface area contributed by atoms with Crippen molar-refractivity contribution >= 4 is 29.3 Å². The number of likely N-dealkylation sites (N-methyl/N-ethyl adjacent to an activating group) is 1. The van der Waals surface area contributed by atoms with E-state index in [1.807, 2.05) is 0 Å². The minimum atomic E-state index is -0.514. The first kappa shape index (κ1) is 18.0. The van der Waals surface area contributed by atoms with Gasteiger partial charge in [-0.1, -0.05) is 23.9 Å². The molecule has 0 atom stereocenters. The third kappa shape index (κ3) is 4.56. The van der Waals surface area contributed by atoms with Crippen LogP contribution in [0.25, 0.3) is 0 Å². The van der Waals surface area contributed by atoms with E-state index in [0.29, 0.717) is 10.9 Å². The summed E-state index contributed by atoms with van der Waals surface area (Å²) in [6.45, 7) is -0.282. The summed E-state index contributed by atoms with van der Waals surface area (Å²) in [7, 11) is 1.51. The molecule has 0 aliphatic rings. The second-order valence-electron chi connectivity index (χ2n) is 4.77. The maximum Gasteiger partial charge on any atom is 0.239 e. The van der Waals surface area contributed by atoms with E-state index in [9.17, 15) is 19.1 Å². The molecule has 0 bridgehead atoms. The molecule has 2 aromatic rings. The molecule has 1 heterocycles. The molecule has 0 fully saturated rings. The fourth-order valence-corrected chi connectivity index (χ4v) is 2.70. The van der Waals surface area contributed by atoms with Crippen molar-refractivity contribution in [1.82, 2.24) is 14.9 Å². The molecule has 0 aliphatic carbocycles. The lowest BCUT2D eigenvalue weighted by atomic mass is 10.3. The van der Waals surface area contributed by atoms with Crippen molar-refractivity contribution in [3.05, 3.63) is 42.0 Å². The fraction of sp³-hybridized carbons (Fsp3) is 0.267. The number of benzene rings is 1. The summed E-state index contributed by atoms with van der Waals surface area (Å²) >= 11 is 1.10. The van der Waals surface area contributed by atoms with Gasteiger partial charge in [-0.25, -0.2) is 9.37 Å². The standard InChI is InChI=1S/C15H17FN4O3S/c1-17-13(22)7-20-10(8-21)6-18-15(20)24-9-14(23)19-12-5-3-2-4-11(12)16/h2-6,21H,7-9H2,1H3,(H,17,22)(H,19,23). The van der Waals surface area contributed by atoms with Gasteiger partial charge in [0, 0.05) is 7.05 Å². The summed E-state index contributed by atoms with van der Waals surface area (Å²) in [4.78, 5) is 27.6. The minimum absolute atomic E-state index is 0.00996. The first-order valence-corrected chi connectivity index (χ1v) is 8.06. The molecule has 1 aromatic carbocycles. The number of carbonyl (C=O) groups is 2. The van der Waals surface area contributed by atoms with Crippen molar-refractivity contribution in [2.75, 3.05) is 18.1 Å². The molecule has 3 N–H and O–H groups in total. The first-order chi connectivity index (χ1) is 11.5. The maximum atomic E-state index is 13.5. The molecule has 0 radical (unpaired) electrons. The van der Waals surface area contributed by atoms with Crippen molar-refractivity contribution in [1.29, 1.82) is 0 Å². The van der Waals surface area contributed by atoms with Crippen LogP contribution >= 0.6 is 11.8 Å². The van der Waals surface area contributed by atoms with Crippen molar-refractivity contribution in [3.8, 4) is 0 Å². The number of imidazole rings is 1. The predicted octanol–water partition coefficient (Wildman–Crippen LogP) is 0.991. The number of hydrogen-bond acceptors (Lipinski definition) is 5. The lowest BCUT2D eigenvalue weighted by Crippen LogP contribution is -2.25. The molecular formula is C15H17FN4O3S. The summed E-state index contributed by atoms with van der Waals surface area (Å²) < 4.78 is 15.0. The Kier molecular flexibility index (Phi) is 6.33. The van der Waals surface area contributed by atoms with E-state index in [4.69, 9.17) is 0 Å². The minimum Gasteiger partial charge on any atom is -0.390 e. The zero-order chi connectivity index (χ0) is 17.5. The molecule has 2 rings (SSSR count). The third-order valence-corrected chi connectivity index (χ3v) is 4.11. The van der Waals surface area contributed by atoms with E-state index in [1.165, 1.54) is 36.0 Å². The van der Waals surface area contributed by atoms with Gasteiger partial charge in [0.1, 0.15) is 12.4 Å². The SMILES string of the molecule is CNC(=O)Cn1c(CO)cnc1SCC(=O)Nc1ccccc1F. The molecule has 0 saturated heterocycles. The number of nitrogens with one attached hydrogen (secondary N) is 2. The van der Waals surface area contributed by atoms with Crippen LogP contribution in [0.5, 0.6) is 0 Å². The summed E-state index contributed by atoms with van der Waals surface area (Å²) in [5.41, 5.74) is 0.573. The number of para-hydroxylation sites is 1. The molecule has 1 aromatic heterocycles. The number of halogens is 1. The van der Waals surface area contributed by atoms with Gasteiger partial charge in [-0.15, -0.1) is 0 Å². The molecule has 9 heteroatoms. The van der Waals surface area contributed by atoms with Crippen LogP contribution in [0, 0.1) is 5.82 Å². The van der Waals surface area contributed by atoms with Gasteiger partial charge in [-0.3, -0.25) is 9.59 Å². The van der Waals surface area contributed by atoms with Gasteiger partial charge in [-0.2, -0.15) is 0 Å². The predicted molar refractivity (Wildman–Crippen MR) is 88.0 cm³/mol. The van der Waals surface area contributed by atoms with Gasteiger partial charge in [-0.05, 0) is 12.1 Å². The largest absolute Gasteiger partial charge is 0.390 e. The molecule has 128 valence electrons. The maximum absolute atomic E-state index is 13.5. The smallest absolute Gasteiger partial charge is 0.239 e. The Morgan fingerprint density at radius 2 is 2.08 bits per heavy atom. The van der Waals surface area contributed by atoms with Crippen LogP contribution < -0.4 is 10.6 Å². The summed E-state index contributed by atoms with van der Waals surface area (Å²) in [6, 6.07) is 5.88. The number of thioether (sulfide) groups is 1. The van der Waals surface area contributed by atoms with Gasteiger partial charge in [0.25, 0.3) is 0 Å². The van der Waals surface area contributed by atoms with Crippen LogP contribution in [0.15, 0.2) is 35.6 Å². The van der Waals surface area contributed by atoms with Gasteiger partial charge >= 0.3 is 0 Å². The number of hydrogen-bond donors (Lipinski definition) is 3. The van der Waals surface area contributed by atoms with Crippen LogP contribution in [-0.4, -0.2) is 39.3 Å². The van der Waals surface area contributed by atoms with E-state index in [-0.39, 0.29) is 30.5 Å². The Labute approximate surface area is 142 Å². The second-order valence-corrected chi connectivity index (χ2v) is 5.71. The number of rotatable bonds is 7. The molecule has 2 amide bonds. The van der Waals surface area contributed by atoms with Gasteiger partial charge in [0.05, 0.1) is 29.9 Å². The highest BCUT2D eigenvalue weighted by Gasteiger charge is 2.15. The first-order valence-electron chi connectivity index (χ1n) is 7.08. The average molecular weight is 352 g/mol. The van der Waals surface area contributed by atoms with Crippen molar-refractivity contribution in [2.24, 2.45) is 0 Å². The Morgan fingerprint density at radius 3 is 2.75 bits per heavy atom. The quantitative estimate of drug-likeness (QED) is 0.646. The average Bonchev–Trinajstić information content (AvgIpc) is 2.96. The lowest BCUT2D eigenvalue weighted by molar-refractivity contribution is -0.121. The van der Waals surface area contributed by atoms with Gasteiger partial charge < -0.3 is 20.3 Å². The molecule has 0 saturated carbocycles. The zero-order valence-electron chi connectivity index (χ0n) is 13.0. The Balaban J connectivity index is 2.01. The zero-order valence-corrected chi connectivity index (χ0v) is 13.8. The van der Waals surface area contributed by atoms with E-state index in [1.54, 1.807) is 6.07 Å². The number of nitrogens with zero attached hydrogens (tertiary/aromatic N) is 2. The monoisotopic (exact) mass is 352 g/mol.